The molecule has 0 aliphatic carbocycles. The van der Waals surface area contributed by atoms with Crippen LogP contribution in [0.2, 0.25) is 0 Å². The maximum atomic E-state index is 13.0. The van der Waals surface area contributed by atoms with Gasteiger partial charge < -0.3 is 15.5 Å². The van der Waals surface area contributed by atoms with Gasteiger partial charge in [-0.25, -0.2) is 9.97 Å². The number of nitrogens with one attached hydrogen (secondary N) is 2. The highest BCUT2D eigenvalue weighted by Gasteiger charge is 2.25. The van der Waals surface area contributed by atoms with Crippen molar-refractivity contribution < 1.29 is 4.79 Å². The van der Waals surface area contributed by atoms with Crippen molar-refractivity contribution in [3.8, 4) is 0 Å². The maximum Gasteiger partial charge on any atom is 0.255 e. The van der Waals surface area contributed by atoms with E-state index in [1.165, 1.54) is 0 Å². The van der Waals surface area contributed by atoms with Gasteiger partial charge in [-0.05, 0) is 45.0 Å². The molecule has 2 N–H and O–H groups in total. The molecule has 154 valence electrons. The summed E-state index contributed by atoms with van der Waals surface area (Å²) in [6, 6.07) is 12.7. The molecule has 1 aromatic carbocycles. The highest BCUT2D eigenvalue weighted by molar-refractivity contribution is 6.07. The van der Waals surface area contributed by atoms with Crippen molar-refractivity contribution in [3.05, 3.63) is 48.2 Å². The van der Waals surface area contributed by atoms with Crippen LogP contribution in [0.4, 0.5) is 5.69 Å². The molecule has 4 aromatic rings. The Hall–Kier alpha value is -3.19. The molecule has 4 heterocycles. The van der Waals surface area contributed by atoms with Gasteiger partial charge in [0.25, 0.3) is 5.91 Å². The van der Waals surface area contributed by atoms with Crippen LogP contribution in [0.1, 0.15) is 31.1 Å². The largest absolute Gasteiger partial charge is 0.368 e. The number of aromatic nitrogens is 3. The van der Waals surface area contributed by atoms with Gasteiger partial charge >= 0.3 is 0 Å². The number of imidazole rings is 1. The lowest BCUT2D eigenvalue weighted by Crippen LogP contribution is -2.54. The van der Waals surface area contributed by atoms with E-state index in [1.54, 1.807) is 0 Å². The van der Waals surface area contributed by atoms with E-state index in [9.17, 15) is 4.79 Å². The number of benzene rings is 1. The molecule has 1 aliphatic heterocycles. The van der Waals surface area contributed by atoms with Crippen LogP contribution in [-0.2, 0) is 0 Å². The zero-order chi connectivity index (χ0) is 20.8. The van der Waals surface area contributed by atoms with E-state index in [0.717, 1.165) is 40.8 Å². The molecule has 2 atom stereocenters. The van der Waals surface area contributed by atoms with Crippen molar-refractivity contribution in [1.82, 2.24) is 25.0 Å². The van der Waals surface area contributed by atoms with E-state index < -0.39 is 0 Å². The number of piperazine rings is 1. The molecule has 0 radical (unpaired) electrons. The van der Waals surface area contributed by atoms with Gasteiger partial charge in [0.05, 0.1) is 16.6 Å². The van der Waals surface area contributed by atoms with Gasteiger partial charge in [0.15, 0.2) is 5.65 Å². The van der Waals surface area contributed by atoms with E-state index in [2.05, 4.69) is 35.4 Å². The topological polar surface area (TPSA) is 74.6 Å². The standard InChI is InChI=1S/C23H26N6O/c1-4-24-23(30)17-11-16-19(28-12-14(2)26-15(3)13-28)9-10-25-21(16)29-20-8-6-5-7-18(20)27-22(17)29/h5-11,14-15,26H,4,12-13H2,1-3H3,(H,24,30)/t14-,15+. The number of anilines is 1. The molecule has 0 saturated carbocycles. The molecular formula is C23H26N6O. The van der Waals surface area contributed by atoms with Gasteiger partial charge in [0.1, 0.15) is 5.65 Å². The normalized spacial score (nSPS) is 19.6. The van der Waals surface area contributed by atoms with E-state index in [0.29, 0.717) is 29.8 Å². The predicted octanol–water partition coefficient (Wildman–Crippen LogP) is 2.97. The first-order chi connectivity index (χ1) is 14.6. The lowest BCUT2D eigenvalue weighted by Gasteiger charge is -2.38. The highest BCUT2D eigenvalue weighted by atomic mass is 16.1. The third-order valence-electron chi connectivity index (χ3n) is 5.73. The van der Waals surface area contributed by atoms with Crippen molar-refractivity contribution in [2.24, 2.45) is 0 Å². The summed E-state index contributed by atoms with van der Waals surface area (Å²) in [6.07, 6.45) is 1.86. The SMILES string of the molecule is CCNC(=O)c1cc2c(N3C[C@@H](C)N[C@@H](C)C3)ccnc2n2c1nc1ccccc12. The van der Waals surface area contributed by atoms with Gasteiger partial charge in [0, 0.05) is 49.0 Å². The second-order valence-electron chi connectivity index (χ2n) is 8.12. The molecular weight excluding hydrogens is 376 g/mol. The van der Waals surface area contributed by atoms with Crippen molar-refractivity contribution in [1.29, 1.82) is 0 Å². The minimum atomic E-state index is -0.114. The highest BCUT2D eigenvalue weighted by Crippen LogP contribution is 2.32. The summed E-state index contributed by atoms with van der Waals surface area (Å²) in [7, 11) is 0. The Bertz CT molecular complexity index is 1250. The van der Waals surface area contributed by atoms with Crippen LogP contribution in [0.15, 0.2) is 42.6 Å². The third kappa shape index (κ3) is 2.97. The van der Waals surface area contributed by atoms with Gasteiger partial charge in [-0.15, -0.1) is 0 Å². The van der Waals surface area contributed by atoms with Crippen molar-refractivity contribution >= 4 is 39.3 Å². The average molecular weight is 403 g/mol. The number of pyridine rings is 2. The molecule has 0 bridgehead atoms. The number of para-hydroxylation sites is 2. The number of fused-ring (bicyclic) bond motifs is 5. The Balaban J connectivity index is 1.83. The molecule has 1 fully saturated rings. The van der Waals surface area contributed by atoms with Crippen molar-refractivity contribution in [3.63, 3.8) is 0 Å². The van der Waals surface area contributed by atoms with Crippen molar-refractivity contribution in [2.45, 2.75) is 32.9 Å². The van der Waals surface area contributed by atoms with E-state index in [1.807, 2.05) is 47.9 Å². The molecule has 5 rings (SSSR count). The fourth-order valence-corrected chi connectivity index (χ4v) is 4.62. The Kier molecular flexibility index (Phi) is 4.55. The fourth-order valence-electron chi connectivity index (χ4n) is 4.62. The Morgan fingerprint density at radius 3 is 2.70 bits per heavy atom. The molecule has 3 aromatic heterocycles. The molecule has 0 unspecified atom stereocenters. The van der Waals surface area contributed by atoms with Gasteiger partial charge in [0.2, 0.25) is 0 Å². The van der Waals surface area contributed by atoms with E-state index in [4.69, 9.17) is 9.97 Å². The Morgan fingerprint density at radius 2 is 1.93 bits per heavy atom. The van der Waals surface area contributed by atoms with Crippen LogP contribution >= 0.6 is 0 Å². The molecule has 7 heteroatoms. The Morgan fingerprint density at radius 1 is 1.17 bits per heavy atom. The molecule has 1 aliphatic rings. The first-order valence-corrected chi connectivity index (χ1v) is 10.5. The summed E-state index contributed by atoms with van der Waals surface area (Å²) in [6.45, 7) is 8.71. The minimum absolute atomic E-state index is 0.114. The molecule has 30 heavy (non-hydrogen) atoms. The summed E-state index contributed by atoms with van der Waals surface area (Å²) in [5.74, 6) is -0.114. The van der Waals surface area contributed by atoms with Crippen LogP contribution in [0, 0.1) is 0 Å². The number of amides is 1. The summed E-state index contributed by atoms with van der Waals surface area (Å²) in [5, 5.41) is 7.49. The summed E-state index contributed by atoms with van der Waals surface area (Å²) in [4.78, 5) is 24.8. The third-order valence-corrected chi connectivity index (χ3v) is 5.73. The molecule has 0 spiro atoms. The quantitative estimate of drug-likeness (QED) is 0.551. The van der Waals surface area contributed by atoms with Crippen LogP contribution in [-0.4, -0.2) is 52.0 Å². The van der Waals surface area contributed by atoms with Crippen LogP contribution in [0.5, 0.6) is 0 Å². The summed E-state index contributed by atoms with van der Waals surface area (Å²) < 4.78 is 2.02. The summed E-state index contributed by atoms with van der Waals surface area (Å²) in [5.41, 5.74) is 4.95. The minimum Gasteiger partial charge on any atom is -0.368 e. The lowest BCUT2D eigenvalue weighted by molar-refractivity contribution is 0.0957. The van der Waals surface area contributed by atoms with Gasteiger partial charge in [-0.3, -0.25) is 9.20 Å². The molecule has 7 nitrogen and oxygen atoms in total. The number of hydrogen-bond donors (Lipinski definition) is 2. The monoisotopic (exact) mass is 402 g/mol. The van der Waals surface area contributed by atoms with Crippen LogP contribution in [0.3, 0.4) is 0 Å². The number of nitrogens with zero attached hydrogens (tertiary/aromatic N) is 4. The smallest absolute Gasteiger partial charge is 0.255 e. The van der Waals surface area contributed by atoms with E-state index >= 15 is 0 Å². The van der Waals surface area contributed by atoms with Crippen molar-refractivity contribution in [2.75, 3.05) is 24.5 Å². The van der Waals surface area contributed by atoms with Crippen LogP contribution in [0.25, 0.3) is 27.7 Å². The van der Waals surface area contributed by atoms with E-state index in [-0.39, 0.29) is 5.91 Å². The maximum absolute atomic E-state index is 13.0. The van der Waals surface area contributed by atoms with Gasteiger partial charge in [-0.2, -0.15) is 0 Å². The fraction of sp³-hybridized carbons (Fsp3) is 0.348. The number of carbonyl (C=O) groups excluding carboxylic acids is 1. The second-order valence-corrected chi connectivity index (χ2v) is 8.12. The summed E-state index contributed by atoms with van der Waals surface area (Å²) >= 11 is 0. The Labute approximate surface area is 175 Å². The van der Waals surface area contributed by atoms with Gasteiger partial charge in [-0.1, -0.05) is 12.1 Å². The first-order valence-electron chi connectivity index (χ1n) is 10.5. The number of hydrogen-bond acceptors (Lipinski definition) is 5. The number of carbonyl (C=O) groups is 1. The zero-order valence-corrected chi connectivity index (χ0v) is 17.5. The number of rotatable bonds is 3. The molecule has 1 amide bonds. The second kappa shape index (κ2) is 7.25. The zero-order valence-electron chi connectivity index (χ0n) is 17.5. The molecule has 1 saturated heterocycles. The predicted molar refractivity (Wildman–Crippen MR) is 120 cm³/mol. The first kappa shape index (κ1) is 18.8. The van der Waals surface area contributed by atoms with Crippen LogP contribution < -0.4 is 15.5 Å². The lowest BCUT2D eigenvalue weighted by atomic mass is 10.1. The average Bonchev–Trinajstić information content (AvgIpc) is 3.12.